The van der Waals surface area contributed by atoms with Crippen LogP contribution in [0.2, 0.25) is 5.02 Å². The molecule has 0 heterocycles. The minimum Gasteiger partial charge on any atom is -0.493 e. The van der Waals surface area contributed by atoms with Crippen LogP contribution in [0.3, 0.4) is 0 Å². The second-order valence-electron chi connectivity index (χ2n) is 7.42. The molecule has 0 unspecified atom stereocenters. The number of carbonyl (C=O) groups is 2. The van der Waals surface area contributed by atoms with E-state index < -0.39 is 11.9 Å². The van der Waals surface area contributed by atoms with E-state index in [1.807, 2.05) is 24.3 Å². The van der Waals surface area contributed by atoms with Crippen molar-refractivity contribution in [2.24, 2.45) is 0 Å². The Bertz CT molecular complexity index is 856. The quantitative estimate of drug-likeness (QED) is 0.422. The van der Waals surface area contributed by atoms with Gasteiger partial charge in [0.1, 0.15) is 0 Å². The molecule has 0 aliphatic heterocycles. The average molecular weight is 480 g/mol. The molecule has 0 saturated heterocycles. The van der Waals surface area contributed by atoms with Crippen LogP contribution in [0.25, 0.3) is 0 Å². The van der Waals surface area contributed by atoms with E-state index in [0.29, 0.717) is 6.61 Å². The summed E-state index contributed by atoms with van der Waals surface area (Å²) in [5, 5.41) is 15.5. The second kappa shape index (κ2) is 15.9. The van der Waals surface area contributed by atoms with E-state index in [0.717, 1.165) is 49.0 Å². The summed E-state index contributed by atoms with van der Waals surface area (Å²) < 4.78 is 11.5. The van der Waals surface area contributed by atoms with Crippen LogP contribution in [0, 0.1) is 0 Å². The topological polar surface area (TPSA) is 96.3 Å². The molecule has 7 nitrogen and oxygen atoms in total. The smallest absolute Gasteiger partial charge is 0.414 e. The van der Waals surface area contributed by atoms with Crippen LogP contribution in [-0.2, 0) is 22.4 Å². The third-order valence-corrected chi connectivity index (χ3v) is 4.98. The summed E-state index contributed by atoms with van der Waals surface area (Å²) in [6.45, 7) is 8.47. The van der Waals surface area contributed by atoms with Crippen molar-refractivity contribution in [3.8, 4) is 11.5 Å². The number of carboxylic acids is 2. The summed E-state index contributed by atoms with van der Waals surface area (Å²) in [4.78, 5) is 20.7. The van der Waals surface area contributed by atoms with Gasteiger partial charge >= 0.3 is 11.9 Å². The molecular weight excluding hydrogens is 446 g/mol. The van der Waals surface area contributed by atoms with Crippen molar-refractivity contribution in [3.63, 3.8) is 0 Å². The molecule has 0 bridgehead atoms. The van der Waals surface area contributed by atoms with E-state index in [1.165, 1.54) is 24.0 Å². The molecule has 0 aliphatic rings. The first kappa shape index (κ1) is 28.3. The van der Waals surface area contributed by atoms with E-state index in [1.54, 1.807) is 7.11 Å². The Morgan fingerprint density at radius 2 is 1.52 bits per heavy atom. The number of aliphatic carboxylic acids is 2. The van der Waals surface area contributed by atoms with Gasteiger partial charge in [-0.15, -0.1) is 0 Å². The number of benzene rings is 2. The predicted octanol–water partition coefficient (Wildman–Crippen LogP) is 4.79. The Hall–Kier alpha value is -2.77. The standard InChI is InChI=1S/C23H32ClNO2.C2H2O4/c1-4-13-25(14-5-2)15-11-20-9-10-22(26-3)23(18-20)27-16-12-19-7-6-8-21(24)17-19;3-1(4)2(5)6/h6-10,17-18H,4-5,11-16H2,1-3H3;(H,3,4)(H,5,6). The molecule has 2 aromatic rings. The largest absolute Gasteiger partial charge is 0.493 e. The number of hydrogen-bond donors (Lipinski definition) is 2. The molecule has 2 aromatic carbocycles. The van der Waals surface area contributed by atoms with E-state index in [9.17, 15) is 0 Å². The second-order valence-corrected chi connectivity index (χ2v) is 7.85. The predicted molar refractivity (Wildman–Crippen MR) is 130 cm³/mol. The fraction of sp³-hybridized carbons (Fsp3) is 0.440. The zero-order valence-corrected chi connectivity index (χ0v) is 20.3. The third-order valence-electron chi connectivity index (χ3n) is 4.74. The van der Waals surface area contributed by atoms with Gasteiger partial charge < -0.3 is 24.6 Å². The summed E-state index contributed by atoms with van der Waals surface area (Å²) in [7, 11) is 1.68. The van der Waals surface area contributed by atoms with Gasteiger partial charge in [0.25, 0.3) is 0 Å². The highest BCUT2D eigenvalue weighted by atomic mass is 35.5. The van der Waals surface area contributed by atoms with Crippen LogP contribution >= 0.6 is 11.6 Å². The van der Waals surface area contributed by atoms with E-state index in [2.05, 4.69) is 36.9 Å². The maximum atomic E-state index is 9.10. The molecule has 2 N–H and O–H groups in total. The molecule has 2 rings (SSSR count). The van der Waals surface area contributed by atoms with Crippen molar-refractivity contribution in [1.29, 1.82) is 0 Å². The van der Waals surface area contributed by atoms with Gasteiger partial charge in [-0.25, -0.2) is 9.59 Å². The Morgan fingerprint density at radius 3 is 2.06 bits per heavy atom. The maximum absolute atomic E-state index is 9.10. The van der Waals surface area contributed by atoms with E-state index in [4.69, 9.17) is 40.9 Å². The minimum atomic E-state index is -1.82. The lowest BCUT2D eigenvalue weighted by Gasteiger charge is -2.21. The molecule has 0 saturated carbocycles. The van der Waals surface area contributed by atoms with Crippen LogP contribution in [0.1, 0.15) is 37.8 Å². The average Bonchev–Trinajstić information content (AvgIpc) is 2.78. The molecule has 0 atom stereocenters. The zero-order chi connectivity index (χ0) is 24.6. The molecule has 0 amide bonds. The van der Waals surface area contributed by atoms with Gasteiger partial charge in [0.05, 0.1) is 13.7 Å². The van der Waals surface area contributed by atoms with E-state index >= 15 is 0 Å². The highest BCUT2D eigenvalue weighted by Crippen LogP contribution is 2.28. The van der Waals surface area contributed by atoms with Crippen molar-refractivity contribution < 1.29 is 29.3 Å². The highest BCUT2D eigenvalue weighted by Gasteiger charge is 2.09. The lowest BCUT2D eigenvalue weighted by molar-refractivity contribution is -0.159. The summed E-state index contributed by atoms with van der Waals surface area (Å²) >= 11 is 6.05. The summed E-state index contributed by atoms with van der Waals surface area (Å²) in [6, 6.07) is 14.2. The SMILES string of the molecule is CCCN(CCC)CCc1ccc(OC)c(OCCc2cccc(Cl)c2)c1.O=C(O)C(=O)O. The molecule has 33 heavy (non-hydrogen) atoms. The highest BCUT2D eigenvalue weighted by molar-refractivity contribution is 6.30. The summed E-state index contributed by atoms with van der Waals surface area (Å²) in [6.07, 6.45) is 4.23. The molecule has 0 radical (unpaired) electrons. The van der Waals surface area contributed by atoms with Crippen LogP contribution in [-0.4, -0.2) is 60.4 Å². The third kappa shape index (κ3) is 11.6. The van der Waals surface area contributed by atoms with Gasteiger partial charge in [0, 0.05) is 18.0 Å². The van der Waals surface area contributed by atoms with Gasteiger partial charge in [-0.3, -0.25) is 0 Å². The summed E-state index contributed by atoms with van der Waals surface area (Å²) in [5.41, 5.74) is 2.46. The first-order chi connectivity index (χ1) is 15.8. The van der Waals surface area contributed by atoms with Crippen molar-refractivity contribution in [2.45, 2.75) is 39.5 Å². The maximum Gasteiger partial charge on any atom is 0.414 e. The lowest BCUT2D eigenvalue weighted by atomic mass is 10.1. The number of rotatable bonds is 12. The van der Waals surface area contributed by atoms with Crippen LogP contribution in [0.15, 0.2) is 42.5 Å². The number of ether oxygens (including phenoxy) is 2. The van der Waals surface area contributed by atoms with Gasteiger partial charge in [-0.1, -0.05) is 43.6 Å². The van der Waals surface area contributed by atoms with Crippen molar-refractivity contribution in [1.82, 2.24) is 4.90 Å². The molecule has 0 aromatic heterocycles. The fourth-order valence-electron chi connectivity index (χ4n) is 3.22. The first-order valence-electron chi connectivity index (χ1n) is 11.0. The fourth-order valence-corrected chi connectivity index (χ4v) is 3.43. The van der Waals surface area contributed by atoms with E-state index in [-0.39, 0.29) is 0 Å². The molecule has 0 spiro atoms. The van der Waals surface area contributed by atoms with Crippen LogP contribution in [0.4, 0.5) is 0 Å². The first-order valence-corrected chi connectivity index (χ1v) is 11.4. The number of carboxylic acid groups (broad SMARTS) is 2. The lowest BCUT2D eigenvalue weighted by Crippen LogP contribution is -2.27. The number of halogens is 1. The Balaban J connectivity index is 0.000000801. The van der Waals surface area contributed by atoms with Crippen molar-refractivity contribution >= 4 is 23.5 Å². The van der Waals surface area contributed by atoms with Crippen molar-refractivity contribution in [2.75, 3.05) is 33.4 Å². The molecule has 0 fully saturated rings. The van der Waals surface area contributed by atoms with Crippen LogP contribution in [0.5, 0.6) is 11.5 Å². The number of methoxy groups -OCH3 is 1. The van der Waals surface area contributed by atoms with Gasteiger partial charge in [0.15, 0.2) is 11.5 Å². The van der Waals surface area contributed by atoms with Crippen LogP contribution < -0.4 is 9.47 Å². The molecular formula is C25H34ClNO6. The summed E-state index contributed by atoms with van der Waals surface area (Å²) in [5.74, 6) is -2.05. The van der Waals surface area contributed by atoms with Gasteiger partial charge in [0.2, 0.25) is 0 Å². The Kier molecular flexibility index (Phi) is 13.7. The number of nitrogens with zero attached hydrogens (tertiary/aromatic N) is 1. The molecule has 8 heteroatoms. The monoisotopic (exact) mass is 479 g/mol. The molecule has 0 aliphatic carbocycles. The minimum absolute atomic E-state index is 0.595. The zero-order valence-electron chi connectivity index (χ0n) is 19.6. The van der Waals surface area contributed by atoms with Crippen molar-refractivity contribution in [3.05, 3.63) is 58.6 Å². The normalized spacial score (nSPS) is 10.3. The Morgan fingerprint density at radius 1 is 0.879 bits per heavy atom. The Labute approximate surface area is 200 Å². The van der Waals surface area contributed by atoms with Gasteiger partial charge in [-0.2, -0.15) is 0 Å². The number of hydrogen-bond acceptors (Lipinski definition) is 5. The molecule has 182 valence electrons. The van der Waals surface area contributed by atoms with Gasteiger partial charge in [-0.05, 0) is 67.7 Å².